The summed E-state index contributed by atoms with van der Waals surface area (Å²) in [4.78, 5) is 61.6. The van der Waals surface area contributed by atoms with Crippen LogP contribution in [0.5, 0.6) is 0 Å². The highest BCUT2D eigenvalue weighted by molar-refractivity contribution is 7.07. The molecule has 0 bridgehead atoms. The molecule has 0 spiro atoms. The zero-order chi connectivity index (χ0) is 38.5. The standard InChI is InChI=1S/C39H48N6O7S/c1-39(2,3)34(44-37(49)52-5)36(48)42-28(19-26-14-16-27(17-15-26)30-13-9-10-18-40-30)22-33(46)31(20-25-11-7-6-8-12-25)43-35(47)32(45(4)38(50)51)21-29-23-53-24-41-29/h6-18,23-24,28,31-34,46H,19-22H2,1-5H3,(H,42,48)(H,43,47)(H,44,49)(H,50,51)/t28-,31-,32-,33-,34+/m0/s1. The number of hydrogen-bond donors (Lipinski definition) is 5. The van der Waals surface area contributed by atoms with Gasteiger partial charge in [-0.15, -0.1) is 11.3 Å². The Morgan fingerprint density at radius 1 is 0.849 bits per heavy atom. The van der Waals surface area contributed by atoms with Crippen LogP contribution in [0.1, 0.15) is 44.0 Å². The van der Waals surface area contributed by atoms with Gasteiger partial charge in [0.1, 0.15) is 12.1 Å². The first kappa shape index (κ1) is 40.4. The molecule has 4 aromatic rings. The summed E-state index contributed by atoms with van der Waals surface area (Å²) in [6.07, 6.45) is -0.947. The first-order chi connectivity index (χ1) is 25.2. The van der Waals surface area contributed by atoms with Crippen molar-refractivity contribution in [3.63, 3.8) is 0 Å². The van der Waals surface area contributed by atoms with Crippen molar-refractivity contribution in [3.05, 3.63) is 107 Å². The maximum atomic E-state index is 13.9. The maximum absolute atomic E-state index is 13.9. The third kappa shape index (κ3) is 12.1. The fourth-order valence-corrected chi connectivity index (χ4v) is 6.49. The Labute approximate surface area is 313 Å². The van der Waals surface area contributed by atoms with Gasteiger partial charge in [-0.3, -0.25) is 19.5 Å². The number of carbonyl (C=O) groups excluding carboxylic acids is 3. The van der Waals surface area contributed by atoms with Crippen molar-refractivity contribution in [2.45, 2.75) is 76.7 Å². The van der Waals surface area contributed by atoms with E-state index < -0.39 is 59.7 Å². The lowest BCUT2D eigenvalue weighted by Gasteiger charge is -2.33. The Morgan fingerprint density at radius 3 is 2.11 bits per heavy atom. The van der Waals surface area contributed by atoms with E-state index in [0.29, 0.717) is 12.1 Å². The Balaban J connectivity index is 1.64. The SMILES string of the molecule is COC(=O)N[C@H](C(=O)N[C@@H](Cc1ccc(-c2ccccn2)cc1)C[C@H](O)[C@H](Cc1ccccc1)NC(=O)[C@H](Cc1cscn1)N(C)C(=O)O)C(C)(C)C. The Hall–Kier alpha value is -5.34. The molecule has 2 aromatic carbocycles. The van der Waals surface area contributed by atoms with Gasteiger partial charge in [-0.05, 0) is 47.9 Å². The molecular weight excluding hydrogens is 697 g/mol. The van der Waals surface area contributed by atoms with Crippen LogP contribution in [0.25, 0.3) is 11.3 Å². The number of ether oxygens (including phenoxy) is 1. The number of hydrogen-bond acceptors (Lipinski definition) is 9. The molecule has 5 N–H and O–H groups in total. The second-order valence-electron chi connectivity index (χ2n) is 14.0. The van der Waals surface area contributed by atoms with Crippen LogP contribution in [0.4, 0.5) is 9.59 Å². The van der Waals surface area contributed by atoms with E-state index in [1.807, 2.05) is 93.6 Å². The molecule has 0 fully saturated rings. The normalized spacial score (nSPS) is 14.2. The number of carboxylic acid groups (broad SMARTS) is 1. The second kappa shape index (κ2) is 18.9. The van der Waals surface area contributed by atoms with Crippen LogP contribution in [0, 0.1) is 5.41 Å². The monoisotopic (exact) mass is 744 g/mol. The number of nitrogens with one attached hydrogen (secondary N) is 3. The topological polar surface area (TPSA) is 183 Å². The van der Waals surface area contributed by atoms with Crippen LogP contribution in [-0.2, 0) is 33.6 Å². The summed E-state index contributed by atoms with van der Waals surface area (Å²) in [5.74, 6) is -1.07. The summed E-state index contributed by atoms with van der Waals surface area (Å²) in [5, 5.41) is 32.1. The number of rotatable bonds is 16. The van der Waals surface area contributed by atoms with Crippen molar-refractivity contribution in [1.29, 1.82) is 0 Å². The fourth-order valence-electron chi connectivity index (χ4n) is 5.92. The molecule has 0 saturated carbocycles. The number of aromatic nitrogens is 2. The summed E-state index contributed by atoms with van der Waals surface area (Å²) in [7, 11) is 2.54. The van der Waals surface area contributed by atoms with Gasteiger partial charge in [0.05, 0.1) is 36.2 Å². The lowest BCUT2D eigenvalue weighted by atomic mass is 9.85. The average molecular weight is 745 g/mol. The van der Waals surface area contributed by atoms with Gasteiger partial charge in [-0.25, -0.2) is 14.6 Å². The van der Waals surface area contributed by atoms with Crippen molar-refractivity contribution in [1.82, 2.24) is 30.8 Å². The van der Waals surface area contributed by atoms with E-state index >= 15 is 0 Å². The number of aliphatic hydroxyl groups excluding tert-OH is 1. The first-order valence-electron chi connectivity index (χ1n) is 17.3. The van der Waals surface area contributed by atoms with Gasteiger partial charge in [0, 0.05) is 36.7 Å². The van der Waals surface area contributed by atoms with Crippen molar-refractivity contribution in [2.24, 2.45) is 5.41 Å². The number of likely N-dealkylation sites (N-methyl/N-ethyl adjacent to an activating group) is 1. The number of pyridine rings is 1. The molecule has 0 aliphatic carbocycles. The van der Waals surface area contributed by atoms with E-state index in [1.165, 1.54) is 25.5 Å². The minimum absolute atomic E-state index is 0.00607. The zero-order valence-corrected chi connectivity index (χ0v) is 31.4. The van der Waals surface area contributed by atoms with Crippen LogP contribution < -0.4 is 16.0 Å². The Morgan fingerprint density at radius 2 is 1.53 bits per heavy atom. The van der Waals surface area contributed by atoms with E-state index in [2.05, 4.69) is 25.9 Å². The van der Waals surface area contributed by atoms with Gasteiger partial charge in [0.2, 0.25) is 11.8 Å². The van der Waals surface area contributed by atoms with E-state index in [4.69, 9.17) is 4.74 Å². The summed E-state index contributed by atoms with van der Waals surface area (Å²) in [6, 6.07) is 19.1. The first-order valence-corrected chi connectivity index (χ1v) is 18.2. The molecule has 53 heavy (non-hydrogen) atoms. The smallest absolute Gasteiger partial charge is 0.407 e. The number of amides is 4. The van der Waals surface area contributed by atoms with Crippen LogP contribution in [0.15, 0.2) is 89.9 Å². The van der Waals surface area contributed by atoms with Gasteiger partial charge in [0.15, 0.2) is 0 Å². The number of thiazole rings is 1. The number of carbonyl (C=O) groups is 4. The number of benzene rings is 2. The molecule has 13 nitrogen and oxygen atoms in total. The average Bonchev–Trinajstić information content (AvgIpc) is 3.66. The van der Waals surface area contributed by atoms with Gasteiger partial charge < -0.3 is 30.9 Å². The van der Waals surface area contributed by atoms with Crippen LogP contribution in [0.2, 0.25) is 0 Å². The molecule has 2 heterocycles. The lowest BCUT2D eigenvalue weighted by molar-refractivity contribution is -0.128. The quantitative estimate of drug-likeness (QED) is 0.109. The predicted octanol–water partition coefficient (Wildman–Crippen LogP) is 4.70. The zero-order valence-electron chi connectivity index (χ0n) is 30.6. The molecule has 0 aliphatic heterocycles. The van der Waals surface area contributed by atoms with Crippen molar-refractivity contribution in [3.8, 4) is 11.3 Å². The van der Waals surface area contributed by atoms with E-state index in [0.717, 1.165) is 27.3 Å². The molecule has 0 radical (unpaired) electrons. The minimum Gasteiger partial charge on any atom is -0.465 e. The van der Waals surface area contributed by atoms with E-state index in [-0.39, 0.29) is 19.3 Å². The molecule has 4 rings (SSSR count). The second-order valence-corrected chi connectivity index (χ2v) is 14.7. The van der Waals surface area contributed by atoms with Crippen LogP contribution >= 0.6 is 11.3 Å². The molecule has 4 amide bonds. The van der Waals surface area contributed by atoms with E-state index in [1.54, 1.807) is 17.1 Å². The third-order valence-corrected chi connectivity index (χ3v) is 9.53. The summed E-state index contributed by atoms with van der Waals surface area (Å²) in [6.45, 7) is 5.44. The molecular formula is C39H48N6O7S. The van der Waals surface area contributed by atoms with Crippen LogP contribution in [0.3, 0.4) is 0 Å². The Bertz CT molecular complexity index is 1770. The number of aliphatic hydroxyl groups is 1. The summed E-state index contributed by atoms with van der Waals surface area (Å²) < 4.78 is 4.79. The summed E-state index contributed by atoms with van der Waals surface area (Å²) >= 11 is 1.34. The van der Waals surface area contributed by atoms with Gasteiger partial charge >= 0.3 is 12.2 Å². The van der Waals surface area contributed by atoms with Crippen molar-refractivity contribution >= 4 is 35.3 Å². The Kier molecular flexibility index (Phi) is 14.5. The lowest BCUT2D eigenvalue weighted by Crippen LogP contribution is -2.57. The summed E-state index contributed by atoms with van der Waals surface area (Å²) in [5.41, 5.74) is 4.90. The third-order valence-electron chi connectivity index (χ3n) is 8.89. The molecule has 5 atom stereocenters. The fraction of sp³-hybridized carbons (Fsp3) is 0.385. The van der Waals surface area contributed by atoms with Crippen molar-refractivity contribution < 1.29 is 34.1 Å². The van der Waals surface area contributed by atoms with E-state index in [9.17, 15) is 29.4 Å². The maximum Gasteiger partial charge on any atom is 0.407 e. The molecule has 0 saturated heterocycles. The number of methoxy groups -OCH3 is 1. The van der Waals surface area contributed by atoms with Gasteiger partial charge in [-0.1, -0.05) is 81.4 Å². The van der Waals surface area contributed by atoms with Crippen LogP contribution in [-0.4, -0.2) is 93.5 Å². The largest absolute Gasteiger partial charge is 0.465 e. The minimum atomic E-state index is -1.29. The molecule has 282 valence electrons. The van der Waals surface area contributed by atoms with Crippen molar-refractivity contribution in [2.75, 3.05) is 14.2 Å². The highest BCUT2D eigenvalue weighted by Gasteiger charge is 2.36. The highest BCUT2D eigenvalue weighted by Crippen LogP contribution is 2.23. The van der Waals surface area contributed by atoms with Gasteiger partial charge in [0.25, 0.3) is 0 Å². The molecule has 2 aromatic heterocycles. The van der Waals surface area contributed by atoms with Gasteiger partial charge in [-0.2, -0.15) is 0 Å². The number of alkyl carbamates (subject to hydrolysis) is 1. The highest BCUT2D eigenvalue weighted by atomic mass is 32.1. The molecule has 0 unspecified atom stereocenters. The number of nitrogens with zero attached hydrogens (tertiary/aromatic N) is 3. The molecule has 14 heteroatoms. The molecule has 0 aliphatic rings. The predicted molar refractivity (Wildman–Crippen MR) is 202 cm³/mol.